The van der Waals surface area contributed by atoms with E-state index in [1.54, 1.807) is 30.3 Å². The molecule has 3 N–H and O–H groups in total. The molecule has 0 aliphatic heterocycles. The van der Waals surface area contributed by atoms with Crippen molar-refractivity contribution in [3.63, 3.8) is 0 Å². The summed E-state index contributed by atoms with van der Waals surface area (Å²) in [5.74, 6) is -2.77. The molecule has 2 aromatic heterocycles. The zero-order valence-electron chi connectivity index (χ0n) is 18.3. The third kappa shape index (κ3) is 6.27. The Morgan fingerprint density at radius 1 is 1.14 bits per heavy atom. The van der Waals surface area contributed by atoms with Gasteiger partial charge in [0.05, 0.1) is 31.1 Å². The monoisotopic (exact) mass is 497 g/mol. The van der Waals surface area contributed by atoms with Crippen molar-refractivity contribution in [2.45, 2.75) is 25.4 Å². The van der Waals surface area contributed by atoms with Gasteiger partial charge in [0.2, 0.25) is 0 Å². The summed E-state index contributed by atoms with van der Waals surface area (Å²) in [5, 5.41) is 30.8. The van der Waals surface area contributed by atoms with E-state index in [1.165, 1.54) is 35.5 Å². The van der Waals surface area contributed by atoms with E-state index in [0.717, 1.165) is 5.56 Å². The van der Waals surface area contributed by atoms with Crippen molar-refractivity contribution in [2.24, 2.45) is 5.92 Å². The minimum absolute atomic E-state index is 0.0473. The van der Waals surface area contributed by atoms with Gasteiger partial charge in [-0.2, -0.15) is 30.4 Å². The van der Waals surface area contributed by atoms with Gasteiger partial charge in [-0.25, -0.2) is 4.39 Å². The number of amides is 1. The Morgan fingerprint density at radius 2 is 1.89 bits per heavy atom. The molecule has 35 heavy (non-hydrogen) atoms. The number of aromatic nitrogens is 6. The Morgan fingerprint density at radius 3 is 2.54 bits per heavy atom. The molecule has 2 atom stereocenters. The Labute approximate surface area is 204 Å². The summed E-state index contributed by atoms with van der Waals surface area (Å²) >= 11 is 6.01. The number of H-pyrrole nitrogens is 1. The van der Waals surface area contributed by atoms with Crippen LogP contribution in [0.5, 0.6) is 0 Å². The van der Waals surface area contributed by atoms with Crippen molar-refractivity contribution >= 4 is 23.5 Å². The first kappa shape index (κ1) is 24.0. The van der Waals surface area contributed by atoms with Gasteiger partial charge >= 0.3 is 5.97 Å². The van der Waals surface area contributed by atoms with E-state index in [2.05, 4.69) is 30.9 Å². The van der Waals surface area contributed by atoms with Gasteiger partial charge in [0.1, 0.15) is 5.82 Å². The number of nitrogens with zero attached hydrogens (tertiary/aromatic N) is 5. The molecule has 1 unspecified atom stereocenters. The number of hydrogen-bond donors (Lipinski definition) is 3. The van der Waals surface area contributed by atoms with Crippen molar-refractivity contribution < 1.29 is 19.1 Å². The lowest BCUT2D eigenvalue weighted by molar-refractivity contribution is -0.142. The average Bonchev–Trinajstić information content (AvgIpc) is 3.55. The molecule has 10 nitrogen and oxygen atoms in total. The molecule has 4 aromatic rings. The molecule has 2 heterocycles. The van der Waals surface area contributed by atoms with Crippen LogP contribution in [0.1, 0.15) is 22.5 Å². The first-order valence-corrected chi connectivity index (χ1v) is 11.0. The van der Waals surface area contributed by atoms with Gasteiger partial charge in [-0.15, -0.1) is 0 Å². The van der Waals surface area contributed by atoms with Crippen LogP contribution in [0.3, 0.4) is 0 Å². The molecule has 0 aliphatic rings. The van der Waals surface area contributed by atoms with Crippen LogP contribution in [0.25, 0.3) is 11.1 Å². The van der Waals surface area contributed by atoms with E-state index in [0.29, 0.717) is 22.6 Å². The molecule has 4 rings (SSSR count). The maximum absolute atomic E-state index is 14.2. The number of nitrogens with one attached hydrogen (secondary N) is 2. The van der Waals surface area contributed by atoms with Crippen molar-refractivity contribution in [3.05, 3.63) is 83.2 Å². The lowest BCUT2D eigenvalue weighted by atomic mass is 9.93. The number of carbonyl (C=O) groups excluding carboxylic acids is 1. The van der Waals surface area contributed by atoms with Crippen molar-refractivity contribution in [1.29, 1.82) is 0 Å². The standard InChI is InChI=1S/C23H21ClFN7O3/c24-17-5-6-20(25)19(11-17)15-3-1-14(2-4-15)9-18(29-22(33)21-12-26-31-30-21)10-16(23(34)35)13-32-27-7-8-28-32/h1-8,11-12,16,18H,9-10,13H2,(H,29,33)(H,34,35)(H,26,30,31)/t16?,18-/m1/s1. The van der Waals surface area contributed by atoms with Crippen molar-refractivity contribution in [1.82, 2.24) is 35.7 Å². The van der Waals surface area contributed by atoms with Crippen LogP contribution in [0.2, 0.25) is 5.02 Å². The number of hydrogen-bond acceptors (Lipinski definition) is 6. The van der Waals surface area contributed by atoms with E-state index >= 15 is 0 Å². The fourth-order valence-corrected chi connectivity index (χ4v) is 3.89. The highest BCUT2D eigenvalue weighted by Crippen LogP contribution is 2.27. The van der Waals surface area contributed by atoms with Crippen LogP contribution in [-0.2, 0) is 17.8 Å². The van der Waals surface area contributed by atoms with Gasteiger partial charge in [-0.05, 0) is 42.2 Å². The summed E-state index contributed by atoms with van der Waals surface area (Å²) in [6.45, 7) is 0.0473. The highest BCUT2D eigenvalue weighted by atomic mass is 35.5. The molecule has 12 heteroatoms. The smallest absolute Gasteiger partial charge is 0.308 e. The highest BCUT2D eigenvalue weighted by molar-refractivity contribution is 6.30. The van der Waals surface area contributed by atoms with Crippen molar-refractivity contribution in [2.75, 3.05) is 0 Å². The molecule has 0 saturated carbocycles. The minimum Gasteiger partial charge on any atom is -0.481 e. The van der Waals surface area contributed by atoms with Gasteiger partial charge < -0.3 is 10.4 Å². The normalized spacial score (nSPS) is 12.7. The molecule has 180 valence electrons. The van der Waals surface area contributed by atoms with Gasteiger partial charge in [0.25, 0.3) is 5.91 Å². The fraction of sp³-hybridized carbons (Fsp3) is 0.217. The number of carboxylic acid groups (broad SMARTS) is 1. The summed E-state index contributed by atoms with van der Waals surface area (Å²) < 4.78 is 14.2. The SMILES string of the molecule is O=C(N[C@H](Cc1ccc(-c2cc(Cl)ccc2F)cc1)CC(Cn1nccn1)C(=O)O)c1cn[nH]n1. The molecule has 0 bridgehead atoms. The predicted molar refractivity (Wildman–Crippen MR) is 124 cm³/mol. The predicted octanol–water partition coefficient (Wildman–Crippen LogP) is 2.99. The Bertz CT molecular complexity index is 1280. The van der Waals surface area contributed by atoms with E-state index in [1.807, 2.05) is 0 Å². The third-order valence-electron chi connectivity index (χ3n) is 5.43. The first-order valence-electron chi connectivity index (χ1n) is 10.7. The number of carboxylic acids is 1. The van der Waals surface area contributed by atoms with E-state index in [-0.39, 0.29) is 18.7 Å². The number of rotatable bonds is 10. The van der Waals surface area contributed by atoms with Crippen LogP contribution in [0.15, 0.2) is 61.1 Å². The summed E-state index contributed by atoms with van der Waals surface area (Å²) in [5.41, 5.74) is 1.92. The molecule has 0 radical (unpaired) electrons. The Kier molecular flexibility index (Phi) is 7.46. The minimum atomic E-state index is -1.03. The van der Waals surface area contributed by atoms with Crippen molar-refractivity contribution in [3.8, 4) is 11.1 Å². The summed E-state index contributed by atoms with van der Waals surface area (Å²) in [4.78, 5) is 25.8. The van der Waals surface area contributed by atoms with Gasteiger partial charge in [0, 0.05) is 16.6 Å². The third-order valence-corrected chi connectivity index (χ3v) is 5.66. The second-order valence-corrected chi connectivity index (χ2v) is 8.34. The summed E-state index contributed by atoms with van der Waals surface area (Å²) in [6, 6.07) is 10.9. The molecule has 0 spiro atoms. The van der Waals surface area contributed by atoms with Crippen LogP contribution in [0, 0.1) is 11.7 Å². The van der Waals surface area contributed by atoms with Crippen LogP contribution >= 0.6 is 11.6 Å². The van der Waals surface area contributed by atoms with Crippen LogP contribution in [-0.4, -0.2) is 53.4 Å². The second kappa shape index (κ2) is 10.9. The lowest BCUT2D eigenvalue weighted by Crippen LogP contribution is -2.40. The van der Waals surface area contributed by atoms with Gasteiger partial charge in [0.15, 0.2) is 5.69 Å². The largest absolute Gasteiger partial charge is 0.481 e. The number of carbonyl (C=O) groups is 2. The Hall–Kier alpha value is -4.12. The maximum Gasteiger partial charge on any atom is 0.308 e. The molecular weight excluding hydrogens is 477 g/mol. The van der Waals surface area contributed by atoms with E-state index < -0.39 is 29.7 Å². The average molecular weight is 498 g/mol. The Balaban J connectivity index is 1.53. The molecule has 0 aliphatic carbocycles. The fourth-order valence-electron chi connectivity index (χ4n) is 3.72. The second-order valence-electron chi connectivity index (χ2n) is 7.91. The molecule has 2 aromatic carbocycles. The highest BCUT2D eigenvalue weighted by Gasteiger charge is 2.26. The first-order chi connectivity index (χ1) is 16.9. The summed E-state index contributed by atoms with van der Waals surface area (Å²) in [7, 11) is 0. The van der Waals surface area contributed by atoms with Gasteiger partial charge in [-0.3, -0.25) is 9.59 Å². The molecular formula is C23H21ClFN7O3. The number of benzene rings is 2. The van der Waals surface area contributed by atoms with E-state index in [9.17, 15) is 19.1 Å². The topological polar surface area (TPSA) is 139 Å². The quantitative estimate of drug-likeness (QED) is 0.306. The summed E-state index contributed by atoms with van der Waals surface area (Å²) in [6.07, 6.45) is 4.66. The maximum atomic E-state index is 14.2. The molecule has 0 fully saturated rings. The number of aromatic amines is 1. The molecule has 1 amide bonds. The van der Waals surface area contributed by atoms with Crippen LogP contribution in [0.4, 0.5) is 4.39 Å². The number of halogens is 2. The van der Waals surface area contributed by atoms with Gasteiger partial charge in [-0.1, -0.05) is 35.9 Å². The van der Waals surface area contributed by atoms with E-state index in [4.69, 9.17) is 11.6 Å². The van der Waals surface area contributed by atoms with Crippen LogP contribution < -0.4 is 5.32 Å². The zero-order valence-corrected chi connectivity index (χ0v) is 19.1. The zero-order chi connectivity index (χ0) is 24.8. The molecule has 0 saturated heterocycles. The number of aliphatic carboxylic acids is 1. The lowest BCUT2D eigenvalue weighted by Gasteiger charge is -2.22.